The number of hydrazone groups is 1. The van der Waals surface area contributed by atoms with Gasteiger partial charge in [-0.2, -0.15) is 5.10 Å². The zero-order valence-electron chi connectivity index (χ0n) is 11.8. The number of benzene rings is 2. The van der Waals surface area contributed by atoms with Gasteiger partial charge >= 0.3 is 0 Å². The molecule has 116 valence electrons. The van der Waals surface area contributed by atoms with Crippen molar-refractivity contribution in [1.29, 1.82) is 0 Å². The lowest BCUT2D eigenvalue weighted by Crippen LogP contribution is -2.17. The zero-order chi connectivity index (χ0) is 16.7. The van der Waals surface area contributed by atoms with E-state index in [1.165, 1.54) is 18.3 Å². The highest BCUT2D eigenvalue weighted by Gasteiger charge is 2.03. The van der Waals surface area contributed by atoms with Crippen LogP contribution < -0.4 is 5.43 Å². The van der Waals surface area contributed by atoms with Gasteiger partial charge < -0.3 is 0 Å². The Bertz CT molecular complexity index is 770. The number of nitrogens with zero attached hydrogens (tertiary/aromatic N) is 2. The van der Waals surface area contributed by atoms with Gasteiger partial charge in [-0.25, -0.2) is 5.43 Å². The van der Waals surface area contributed by atoms with Crippen molar-refractivity contribution in [3.63, 3.8) is 0 Å². The van der Waals surface area contributed by atoms with Crippen molar-refractivity contribution < 1.29 is 9.72 Å². The van der Waals surface area contributed by atoms with Crippen molar-refractivity contribution in [2.24, 2.45) is 5.10 Å². The van der Waals surface area contributed by atoms with Gasteiger partial charge in [-0.3, -0.25) is 14.9 Å². The van der Waals surface area contributed by atoms with Gasteiger partial charge in [0.1, 0.15) is 0 Å². The van der Waals surface area contributed by atoms with E-state index in [1.54, 1.807) is 48.6 Å². The molecule has 7 heteroatoms. The van der Waals surface area contributed by atoms with Crippen molar-refractivity contribution in [1.82, 2.24) is 5.43 Å². The molecule has 0 fully saturated rings. The second-order valence-corrected chi connectivity index (χ2v) is 4.87. The monoisotopic (exact) mass is 329 g/mol. The van der Waals surface area contributed by atoms with Crippen molar-refractivity contribution in [3.8, 4) is 0 Å². The topological polar surface area (TPSA) is 84.6 Å². The molecular formula is C16H12ClN3O3. The fourth-order valence-electron chi connectivity index (χ4n) is 1.70. The van der Waals surface area contributed by atoms with Crippen LogP contribution >= 0.6 is 11.6 Å². The second kappa shape index (κ2) is 7.86. The normalized spacial score (nSPS) is 11.0. The molecule has 0 saturated carbocycles. The molecule has 2 rings (SSSR count). The van der Waals surface area contributed by atoms with Crippen LogP contribution in [0, 0.1) is 10.1 Å². The van der Waals surface area contributed by atoms with E-state index in [9.17, 15) is 14.9 Å². The molecule has 0 unspecified atom stereocenters. The molecule has 1 amide bonds. The molecule has 0 radical (unpaired) electrons. The molecule has 0 aliphatic carbocycles. The fraction of sp³-hybridized carbons (Fsp3) is 0. The number of carbonyl (C=O) groups is 1. The Kier molecular flexibility index (Phi) is 5.60. The van der Waals surface area contributed by atoms with Crippen LogP contribution in [0.5, 0.6) is 0 Å². The van der Waals surface area contributed by atoms with Crippen molar-refractivity contribution in [2.45, 2.75) is 0 Å². The Morgan fingerprint density at radius 3 is 2.65 bits per heavy atom. The van der Waals surface area contributed by atoms with Crippen LogP contribution in [0.25, 0.3) is 6.08 Å². The third-order valence-electron chi connectivity index (χ3n) is 2.80. The molecule has 0 heterocycles. The van der Waals surface area contributed by atoms with Crippen molar-refractivity contribution in [3.05, 3.63) is 80.9 Å². The number of carbonyl (C=O) groups excluding carboxylic acids is 1. The summed E-state index contributed by atoms with van der Waals surface area (Å²) >= 11 is 5.74. The summed E-state index contributed by atoms with van der Waals surface area (Å²) in [6.07, 6.45) is 4.60. The van der Waals surface area contributed by atoms with Crippen LogP contribution in [0.3, 0.4) is 0 Å². The van der Waals surface area contributed by atoms with E-state index < -0.39 is 4.92 Å². The van der Waals surface area contributed by atoms with E-state index in [2.05, 4.69) is 10.5 Å². The summed E-state index contributed by atoms with van der Waals surface area (Å²) < 4.78 is 0. The van der Waals surface area contributed by atoms with Gasteiger partial charge in [0.25, 0.3) is 11.6 Å². The lowest BCUT2D eigenvalue weighted by Gasteiger charge is -1.98. The van der Waals surface area contributed by atoms with Gasteiger partial charge in [-0.05, 0) is 35.9 Å². The number of amides is 1. The highest BCUT2D eigenvalue weighted by atomic mass is 35.5. The number of nitro benzene ring substituents is 1. The average Bonchev–Trinajstić information content (AvgIpc) is 2.55. The molecular weight excluding hydrogens is 318 g/mol. The Labute approximate surface area is 137 Å². The van der Waals surface area contributed by atoms with Gasteiger partial charge in [0.2, 0.25) is 0 Å². The van der Waals surface area contributed by atoms with Crippen molar-refractivity contribution >= 4 is 35.5 Å². The molecule has 0 saturated heterocycles. The van der Waals surface area contributed by atoms with Crippen LogP contribution in [0.4, 0.5) is 5.69 Å². The molecule has 23 heavy (non-hydrogen) atoms. The van der Waals surface area contributed by atoms with Crippen LogP contribution in [0.1, 0.15) is 15.9 Å². The van der Waals surface area contributed by atoms with E-state index in [0.29, 0.717) is 16.1 Å². The van der Waals surface area contributed by atoms with E-state index in [-0.39, 0.29) is 11.6 Å². The van der Waals surface area contributed by atoms with E-state index in [0.717, 1.165) is 0 Å². The summed E-state index contributed by atoms with van der Waals surface area (Å²) in [6, 6.07) is 12.6. The van der Waals surface area contributed by atoms with Gasteiger partial charge in [0, 0.05) is 28.9 Å². The number of halogens is 1. The molecule has 0 bridgehead atoms. The minimum Gasteiger partial charge on any atom is -0.267 e. The number of nitro groups is 1. The zero-order valence-corrected chi connectivity index (χ0v) is 12.6. The number of nitrogens with one attached hydrogen (secondary N) is 1. The van der Waals surface area contributed by atoms with Gasteiger partial charge in [0.15, 0.2) is 0 Å². The lowest BCUT2D eigenvalue weighted by molar-refractivity contribution is -0.384. The quantitative estimate of drug-likeness (QED) is 0.516. The summed E-state index contributed by atoms with van der Waals surface area (Å²) in [5, 5.41) is 15.0. The first-order valence-corrected chi connectivity index (χ1v) is 6.94. The standard InChI is InChI=1S/C16H12ClN3O3/c17-14-8-6-13(7-9-14)16(21)19-18-10-2-4-12-3-1-5-15(11-12)20(22)23/h1-11H,(H,19,21)/b4-2+,18-10-. The fourth-order valence-corrected chi connectivity index (χ4v) is 1.83. The minimum absolute atomic E-state index is 0.0140. The summed E-state index contributed by atoms with van der Waals surface area (Å²) in [5.41, 5.74) is 3.48. The third kappa shape index (κ3) is 5.05. The molecule has 0 aromatic heterocycles. The van der Waals surface area contributed by atoms with E-state index in [1.807, 2.05) is 0 Å². The van der Waals surface area contributed by atoms with Gasteiger partial charge in [-0.1, -0.05) is 29.8 Å². The molecule has 6 nitrogen and oxygen atoms in total. The number of hydrogen-bond donors (Lipinski definition) is 1. The predicted octanol–water partition coefficient (Wildman–Crippen LogP) is 3.68. The first-order valence-electron chi connectivity index (χ1n) is 6.56. The predicted molar refractivity (Wildman–Crippen MR) is 89.5 cm³/mol. The number of rotatable bonds is 5. The van der Waals surface area contributed by atoms with E-state index in [4.69, 9.17) is 11.6 Å². The Balaban J connectivity index is 1.91. The largest absolute Gasteiger partial charge is 0.271 e. The maximum Gasteiger partial charge on any atom is 0.271 e. The highest BCUT2D eigenvalue weighted by Crippen LogP contribution is 2.13. The lowest BCUT2D eigenvalue weighted by atomic mass is 10.2. The SMILES string of the molecule is O=C(N/N=C\C=C\c1cccc([N+](=O)[O-])c1)c1ccc(Cl)cc1. The van der Waals surface area contributed by atoms with E-state index >= 15 is 0 Å². The first kappa shape index (κ1) is 16.4. The molecule has 1 N–H and O–H groups in total. The number of hydrogen-bond acceptors (Lipinski definition) is 4. The van der Waals surface area contributed by atoms with Crippen LogP contribution in [-0.2, 0) is 0 Å². The Morgan fingerprint density at radius 2 is 1.96 bits per heavy atom. The Morgan fingerprint density at radius 1 is 1.22 bits per heavy atom. The van der Waals surface area contributed by atoms with Crippen LogP contribution in [-0.4, -0.2) is 17.0 Å². The van der Waals surface area contributed by atoms with Crippen molar-refractivity contribution in [2.75, 3.05) is 0 Å². The first-order chi connectivity index (χ1) is 11.1. The number of non-ortho nitro benzene ring substituents is 1. The molecule has 0 spiro atoms. The summed E-state index contributed by atoms with van der Waals surface area (Å²) in [6.45, 7) is 0. The molecule has 2 aromatic rings. The highest BCUT2D eigenvalue weighted by molar-refractivity contribution is 6.30. The molecule has 0 aliphatic rings. The minimum atomic E-state index is -0.461. The van der Waals surface area contributed by atoms with Crippen LogP contribution in [0.2, 0.25) is 5.02 Å². The molecule has 2 aromatic carbocycles. The maximum atomic E-state index is 11.7. The summed E-state index contributed by atoms with van der Waals surface area (Å²) in [4.78, 5) is 21.9. The third-order valence-corrected chi connectivity index (χ3v) is 3.05. The molecule has 0 aliphatic heterocycles. The summed E-state index contributed by atoms with van der Waals surface area (Å²) in [5.74, 6) is -0.360. The summed E-state index contributed by atoms with van der Waals surface area (Å²) in [7, 11) is 0. The average molecular weight is 330 g/mol. The van der Waals surface area contributed by atoms with Crippen LogP contribution in [0.15, 0.2) is 59.7 Å². The maximum absolute atomic E-state index is 11.7. The Hall–Kier alpha value is -2.99. The smallest absolute Gasteiger partial charge is 0.267 e. The van der Waals surface area contributed by atoms with Gasteiger partial charge in [-0.15, -0.1) is 0 Å². The number of allylic oxidation sites excluding steroid dienone is 1. The molecule has 0 atom stereocenters. The van der Waals surface area contributed by atoms with Gasteiger partial charge in [0.05, 0.1) is 4.92 Å². The second-order valence-electron chi connectivity index (χ2n) is 4.44.